The van der Waals surface area contributed by atoms with Crippen molar-refractivity contribution >= 4 is 43.2 Å². The highest BCUT2D eigenvalue weighted by Crippen LogP contribution is 2.27. The SMILES string of the molecule is CCOc1ccc(C(=O)Nc2ccc(N3CCN(S(C)(=O)=O)CC3)cc2)cc1Br. The molecule has 0 aromatic heterocycles. The zero-order chi connectivity index (χ0) is 21.0. The van der Waals surface area contributed by atoms with Crippen LogP contribution in [0.3, 0.4) is 0 Å². The molecule has 1 fully saturated rings. The van der Waals surface area contributed by atoms with Crippen molar-refractivity contribution in [3.8, 4) is 5.75 Å². The highest BCUT2D eigenvalue weighted by Gasteiger charge is 2.23. The average molecular weight is 482 g/mol. The van der Waals surface area contributed by atoms with E-state index in [1.165, 1.54) is 10.6 Å². The van der Waals surface area contributed by atoms with Crippen molar-refractivity contribution in [2.45, 2.75) is 6.92 Å². The quantitative estimate of drug-likeness (QED) is 0.685. The van der Waals surface area contributed by atoms with Gasteiger partial charge in [-0.25, -0.2) is 8.42 Å². The van der Waals surface area contributed by atoms with Gasteiger partial charge in [0.05, 0.1) is 17.3 Å². The maximum atomic E-state index is 12.5. The van der Waals surface area contributed by atoms with Gasteiger partial charge in [-0.3, -0.25) is 4.79 Å². The van der Waals surface area contributed by atoms with E-state index in [0.29, 0.717) is 49.8 Å². The summed E-state index contributed by atoms with van der Waals surface area (Å²) < 4.78 is 30.9. The number of rotatable bonds is 6. The van der Waals surface area contributed by atoms with Crippen molar-refractivity contribution in [1.29, 1.82) is 0 Å². The van der Waals surface area contributed by atoms with Gasteiger partial charge in [-0.1, -0.05) is 0 Å². The number of piperazine rings is 1. The summed E-state index contributed by atoms with van der Waals surface area (Å²) in [4.78, 5) is 14.6. The van der Waals surface area contributed by atoms with Crippen molar-refractivity contribution in [3.05, 3.63) is 52.5 Å². The summed E-state index contributed by atoms with van der Waals surface area (Å²) in [5, 5.41) is 2.89. The predicted molar refractivity (Wildman–Crippen MR) is 118 cm³/mol. The van der Waals surface area contributed by atoms with Crippen molar-refractivity contribution in [1.82, 2.24) is 4.31 Å². The average Bonchev–Trinajstić information content (AvgIpc) is 2.69. The third-order valence-electron chi connectivity index (χ3n) is 4.69. The zero-order valence-corrected chi connectivity index (χ0v) is 18.8. The van der Waals surface area contributed by atoms with E-state index >= 15 is 0 Å². The molecule has 2 aromatic rings. The third-order valence-corrected chi connectivity index (χ3v) is 6.61. The highest BCUT2D eigenvalue weighted by atomic mass is 79.9. The first kappa shape index (κ1) is 21.6. The van der Waals surface area contributed by atoms with E-state index in [4.69, 9.17) is 4.74 Å². The normalized spacial score (nSPS) is 15.2. The molecule has 0 radical (unpaired) electrons. The maximum absolute atomic E-state index is 12.5. The minimum Gasteiger partial charge on any atom is -0.493 e. The number of carbonyl (C=O) groups is 1. The molecule has 1 saturated heterocycles. The van der Waals surface area contributed by atoms with Gasteiger partial charge in [0, 0.05) is 43.1 Å². The molecule has 0 saturated carbocycles. The minimum atomic E-state index is -3.14. The number of amides is 1. The lowest BCUT2D eigenvalue weighted by atomic mass is 10.2. The summed E-state index contributed by atoms with van der Waals surface area (Å²) in [5.74, 6) is 0.493. The number of sulfonamides is 1. The van der Waals surface area contributed by atoms with Crippen LogP contribution >= 0.6 is 15.9 Å². The number of nitrogens with one attached hydrogen (secondary N) is 1. The molecular weight excluding hydrogens is 458 g/mol. The van der Waals surface area contributed by atoms with Crippen LogP contribution < -0.4 is 15.0 Å². The van der Waals surface area contributed by atoms with E-state index in [2.05, 4.69) is 26.1 Å². The summed E-state index contributed by atoms with van der Waals surface area (Å²) in [6.45, 7) is 4.69. The zero-order valence-electron chi connectivity index (χ0n) is 16.4. The van der Waals surface area contributed by atoms with Crippen molar-refractivity contribution in [2.24, 2.45) is 0 Å². The first-order chi connectivity index (χ1) is 13.8. The molecular formula is C20H24BrN3O4S. The van der Waals surface area contributed by atoms with Crippen LogP contribution in [0.4, 0.5) is 11.4 Å². The summed E-state index contributed by atoms with van der Waals surface area (Å²) in [7, 11) is -3.14. The lowest BCUT2D eigenvalue weighted by Gasteiger charge is -2.34. The van der Waals surface area contributed by atoms with Gasteiger partial charge in [-0.2, -0.15) is 4.31 Å². The Balaban J connectivity index is 1.61. The molecule has 1 heterocycles. The number of hydrogen-bond donors (Lipinski definition) is 1. The van der Waals surface area contributed by atoms with Crippen LogP contribution in [0.2, 0.25) is 0 Å². The molecule has 0 atom stereocenters. The minimum absolute atomic E-state index is 0.205. The fourth-order valence-corrected chi connectivity index (χ4v) is 4.47. The van der Waals surface area contributed by atoms with Gasteiger partial charge < -0.3 is 15.0 Å². The standard InChI is InChI=1S/C20H24BrN3O4S/c1-3-28-19-9-4-15(14-18(19)21)20(25)22-16-5-7-17(8-6-16)23-10-12-24(13-11-23)29(2,26)27/h4-9,14H,3,10-13H2,1-2H3,(H,22,25). The summed E-state index contributed by atoms with van der Waals surface area (Å²) in [6.07, 6.45) is 1.24. The fraction of sp³-hybridized carbons (Fsp3) is 0.350. The molecule has 2 aromatic carbocycles. The monoisotopic (exact) mass is 481 g/mol. The van der Waals surface area contributed by atoms with Gasteiger partial charge in [0.25, 0.3) is 5.91 Å². The second kappa shape index (κ2) is 9.15. The molecule has 0 unspecified atom stereocenters. The van der Waals surface area contributed by atoms with E-state index in [0.717, 1.165) is 10.2 Å². The molecule has 0 aliphatic carbocycles. The maximum Gasteiger partial charge on any atom is 0.255 e. The first-order valence-electron chi connectivity index (χ1n) is 9.32. The number of anilines is 2. The summed E-state index contributed by atoms with van der Waals surface area (Å²) in [5.41, 5.74) is 2.22. The van der Waals surface area contributed by atoms with Crippen molar-refractivity contribution in [2.75, 3.05) is 49.3 Å². The predicted octanol–water partition coefficient (Wildman–Crippen LogP) is 3.18. The lowest BCUT2D eigenvalue weighted by Crippen LogP contribution is -2.48. The first-order valence-corrected chi connectivity index (χ1v) is 12.0. The molecule has 1 N–H and O–H groups in total. The van der Waals surface area contributed by atoms with Crippen LogP contribution in [0, 0.1) is 0 Å². The van der Waals surface area contributed by atoms with Gasteiger partial charge in [-0.05, 0) is 65.3 Å². The van der Waals surface area contributed by atoms with E-state index in [9.17, 15) is 13.2 Å². The Hall–Kier alpha value is -2.10. The number of hydrogen-bond acceptors (Lipinski definition) is 5. The molecule has 0 bridgehead atoms. The molecule has 29 heavy (non-hydrogen) atoms. The van der Waals surface area contributed by atoms with Crippen molar-refractivity contribution in [3.63, 3.8) is 0 Å². The summed E-state index contributed by atoms with van der Waals surface area (Å²) in [6, 6.07) is 12.8. The Labute approximate surface area is 179 Å². The van der Waals surface area contributed by atoms with E-state index in [1.807, 2.05) is 31.2 Å². The molecule has 9 heteroatoms. The van der Waals surface area contributed by atoms with Crippen LogP contribution in [-0.2, 0) is 10.0 Å². The summed E-state index contributed by atoms with van der Waals surface area (Å²) >= 11 is 3.42. The van der Waals surface area contributed by atoms with Crippen LogP contribution in [0.15, 0.2) is 46.9 Å². The van der Waals surface area contributed by atoms with Crippen LogP contribution in [0.1, 0.15) is 17.3 Å². The fourth-order valence-electron chi connectivity index (χ4n) is 3.15. The topological polar surface area (TPSA) is 79.0 Å². The second-order valence-electron chi connectivity index (χ2n) is 6.73. The molecule has 3 rings (SSSR count). The number of halogens is 1. The van der Waals surface area contributed by atoms with Gasteiger partial charge in [-0.15, -0.1) is 0 Å². The van der Waals surface area contributed by atoms with Gasteiger partial charge in [0.15, 0.2) is 0 Å². The van der Waals surface area contributed by atoms with Crippen LogP contribution in [-0.4, -0.2) is 57.7 Å². The van der Waals surface area contributed by atoms with Gasteiger partial charge in [0.1, 0.15) is 5.75 Å². The highest BCUT2D eigenvalue weighted by molar-refractivity contribution is 9.10. The lowest BCUT2D eigenvalue weighted by molar-refractivity contribution is 0.102. The van der Waals surface area contributed by atoms with Crippen LogP contribution in [0.5, 0.6) is 5.75 Å². The largest absolute Gasteiger partial charge is 0.493 e. The number of ether oxygens (including phenoxy) is 1. The number of nitrogens with zero attached hydrogens (tertiary/aromatic N) is 2. The number of benzene rings is 2. The Kier molecular flexibility index (Phi) is 6.81. The second-order valence-corrected chi connectivity index (χ2v) is 9.57. The van der Waals surface area contributed by atoms with Gasteiger partial charge in [0.2, 0.25) is 10.0 Å². The Morgan fingerprint density at radius 3 is 2.31 bits per heavy atom. The Morgan fingerprint density at radius 2 is 1.76 bits per heavy atom. The van der Waals surface area contributed by atoms with Gasteiger partial charge >= 0.3 is 0 Å². The molecule has 1 aliphatic rings. The molecule has 7 nitrogen and oxygen atoms in total. The van der Waals surface area contributed by atoms with Crippen molar-refractivity contribution < 1.29 is 17.9 Å². The molecule has 156 valence electrons. The third kappa shape index (κ3) is 5.49. The smallest absolute Gasteiger partial charge is 0.255 e. The van der Waals surface area contributed by atoms with E-state index in [-0.39, 0.29) is 5.91 Å². The van der Waals surface area contributed by atoms with Crippen LogP contribution in [0.25, 0.3) is 0 Å². The molecule has 1 amide bonds. The Bertz CT molecular complexity index is 972. The van der Waals surface area contributed by atoms with E-state index in [1.54, 1.807) is 18.2 Å². The van der Waals surface area contributed by atoms with E-state index < -0.39 is 10.0 Å². The molecule has 1 aliphatic heterocycles. The molecule has 0 spiro atoms. The number of carbonyl (C=O) groups excluding carboxylic acids is 1. The Morgan fingerprint density at radius 1 is 1.10 bits per heavy atom.